The molecule has 0 amide bonds. The minimum atomic E-state index is -0.700. The first kappa shape index (κ1) is 11.7. The monoisotopic (exact) mass is 316 g/mol. The van der Waals surface area contributed by atoms with Crippen LogP contribution in [0.1, 0.15) is 24.1 Å². The molecule has 3 unspecified atom stereocenters. The van der Waals surface area contributed by atoms with E-state index in [1.54, 1.807) is 11.3 Å². The fraction of sp³-hybridized carbons (Fsp3) is 0.583. The number of halogens is 1. The molecule has 0 saturated carbocycles. The summed E-state index contributed by atoms with van der Waals surface area (Å²) in [5.74, 6) is -0.700. The van der Waals surface area contributed by atoms with Gasteiger partial charge in [-0.25, -0.2) is 0 Å². The van der Waals surface area contributed by atoms with Crippen molar-refractivity contribution in [2.45, 2.75) is 37.9 Å². The van der Waals surface area contributed by atoms with E-state index in [0.717, 1.165) is 22.2 Å². The molecule has 3 heterocycles. The number of carboxylic acid groups (broad SMARTS) is 1. The quantitative estimate of drug-likeness (QED) is 0.932. The van der Waals surface area contributed by atoms with Gasteiger partial charge in [0.1, 0.15) is 5.41 Å². The lowest BCUT2D eigenvalue weighted by Gasteiger charge is -2.30. The fourth-order valence-corrected chi connectivity index (χ4v) is 4.62. The fourth-order valence-electron chi connectivity index (χ4n) is 3.04. The van der Waals surface area contributed by atoms with Gasteiger partial charge in [0.15, 0.2) is 0 Å². The van der Waals surface area contributed by atoms with Crippen molar-refractivity contribution in [1.82, 2.24) is 0 Å². The van der Waals surface area contributed by atoms with Gasteiger partial charge in [0.2, 0.25) is 0 Å². The molecule has 1 N–H and O–H groups in total. The highest BCUT2D eigenvalue weighted by molar-refractivity contribution is 9.10. The molecular weight excluding hydrogens is 304 g/mol. The van der Waals surface area contributed by atoms with E-state index >= 15 is 0 Å². The smallest absolute Gasteiger partial charge is 0.312 e. The first-order valence-electron chi connectivity index (χ1n) is 5.72. The Morgan fingerprint density at radius 2 is 2.47 bits per heavy atom. The summed E-state index contributed by atoms with van der Waals surface area (Å²) in [7, 11) is 0. The Labute approximate surface area is 112 Å². The third-order valence-electron chi connectivity index (χ3n) is 3.85. The highest BCUT2D eigenvalue weighted by atomic mass is 79.9. The molecule has 2 saturated heterocycles. The van der Waals surface area contributed by atoms with Gasteiger partial charge in [-0.1, -0.05) is 0 Å². The molecule has 1 aromatic heterocycles. The van der Waals surface area contributed by atoms with Crippen molar-refractivity contribution in [3.63, 3.8) is 0 Å². The number of aliphatic carboxylic acids is 1. The van der Waals surface area contributed by atoms with Crippen molar-refractivity contribution < 1.29 is 14.6 Å². The lowest BCUT2D eigenvalue weighted by atomic mass is 9.71. The Hall–Kier alpha value is -0.390. The largest absolute Gasteiger partial charge is 0.481 e. The number of carboxylic acids is 1. The van der Waals surface area contributed by atoms with Crippen molar-refractivity contribution in [3.8, 4) is 0 Å². The Balaban J connectivity index is 1.89. The van der Waals surface area contributed by atoms with Crippen LogP contribution in [-0.4, -0.2) is 23.3 Å². The minimum Gasteiger partial charge on any atom is -0.481 e. The number of ether oxygens (including phenoxy) is 1. The van der Waals surface area contributed by atoms with Gasteiger partial charge in [0, 0.05) is 21.2 Å². The van der Waals surface area contributed by atoms with Crippen LogP contribution in [-0.2, 0) is 16.0 Å². The molecule has 3 atom stereocenters. The molecule has 2 bridgehead atoms. The Bertz CT molecular complexity index is 458. The number of thiophene rings is 1. The van der Waals surface area contributed by atoms with Crippen molar-refractivity contribution in [2.75, 3.05) is 0 Å². The van der Waals surface area contributed by atoms with Gasteiger partial charge in [-0.15, -0.1) is 11.3 Å². The van der Waals surface area contributed by atoms with Gasteiger partial charge in [-0.05, 0) is 41.3 Å². The Morgan fingerprint density at radius 3 is 2.94 bits per heavy atom. The van der Waals surface area contributed by atoms with Crippen LogP contribution in [0.5, 0.6) is 0 Å². The van der Waals surface area contributed by atoms with Crippen LogP contribution in [0, 0.1) is 5.41 Å². The Morgan fingerprint density at radius 1 is 1.65 bits per heavy atom. The van der Waals surface area contributed by atoms with E-state index in [4.69, 9.17) is 4.74 Å². The predicted octanol–water partition coefficient (Wildman–Crippen LogP) is 3.08. The van der Waals surface area contributed by atoms with E-state index < -0.39 is 11.4 Å². The molecule has 0 aliphatic carbocycles. The molecule has 2 aliphatic heterocycles. The van der Waals surface area contributed by atoms with Crippen molar-refractivity contribution >= 4 is 33.2 Å². The summed E-state index contributed by atoms with van der Waals surface area (Å²) in [5, 5.41) is 11.6. The van der Waals surface area contributed by atoms with E-state index in [2.05, 4.69) is 15.9 Å². The summed E-state index contributed by atoms with van der Waals surface area (Å²) in [6.07, 6.45) is 3.25. The van der Waals surface area contributed by atoms with Crippen LogP contribution in [0.4, 0.5) is 0 Å². The summed E-state index contributed by atoms with van der Waals surface area (Å²) in [6.45, 7) is 0. The van der Waals surface area contributed by atoms with E-state index in [1.165, 1.54) is 0 Å². The summed E-state index contributed by atoms with van der Waals surface area (Å²) in [4.78, 5) is 12.8. The third kappa shape index (κ3) is 1.84. The molecule has 3 rings (SSSR count). The van der Waals surface area contributed by atoms with Crippen LogP contribution in [0.2, 0.25) is 0 Å². The number of fused-ring (bicyclic) bond motifs is 2. The molecule has 3 nitrogen and oxygen atoms in total. The Kier molecular flexibility index (Phi) is 2.80. The molecule has 92 valence electrons. The second kappa shape index (κ2) is 4.07. The summed E-state index contributed by atoms with van der Waals surface area (Å²) in [6, 6.07) is 2.02. The zero-order valence-electron chi connectivity index (χ0n) is 9.19. The highest BCUT2D eigenvalue weighted by Gasteiger charge is 2.57. The van der Waals surface area contributed by atoms with Crippen molar-refractivity contribution in [2.24, 2.45) is 5.41 Å². The van der Waals surface area contributed by atoms with E-state index in [9.17, 15) is 9.90 Å². The number of hydrogen-bond donors (Lipinski definition) is 1. The summed E-state index contributed by atoms with van der Waals surface area (Å²) < 4.78 is 6.77. The molecule has 0 spiro atoms. The molecular formula is C12H13BrO3S. The third-order valence-corrected chi connectivity index (χ3v) is 5.55. The second-order valence-electron chi connectivity index (χ2n) is 4.90. The molecule has 5 heteroatoms. The SMILES string of the molecule is O=C(O)C1(Cc2cc(Br)cs2)CC2CCC1O2. The highest BCUT2D eigenvalue weighted by Crippen LogP contribution is 2.50. The number of rotatable bonds is 3. The van der Waals surface area contributed by atoms with Gasteiger partial charge in [0.05, 0.1) is 12.2 Å². The van der Waals surface area contributed by atoms with E-state index in [-0.39, 0.29) is 12.2 Å². The first-order chi connectivity index (χ1) is 8.10. The van der Waals surface area contributed by atoms with Gasteiger partial charge in [-0.3, -0.25) is 4.79 Å². The second-order valence-corrected chi connectivity index (χ2v) is 6.81. The van der Waals surface area contributed by atoms with Crippen LogP contribution < -0.4 is 0 Å². The van der Waals surface area contributed by atoms with Crippen LogP contribution in [0.3, 0.4) is 0 Å². The lowest BCUT2D eigenvalue weighted by Crippen LogP contribution is -2.42. The van der Waals surface area contributed by atoms with E-state index in [0.29, 0.717) is 12.8 Å². The number of hydrogen-bond acceptors (Lipinski definition) is 3. The predicted molar refractivity (Wildman–Crippen MR) is 68.3 cm³/mol. The van der Waals surface area contributed by atoms with Crippen LogP contribution in [0.25, 0.3) is 0 Å². The number of carbonyl (C=O) groups is 1. The molecule has 2 fully saturated rings. The minimum absolute atomic E-state index is 0.0918. The summed E-state index contributed by atoms with van der Waals surface area (Å²) >= 11 is 5.02. The molecule has 0 radical (unpaired) electrons. The molecule has 0 aromatic carbocycles. The topological polar surface area (TPSA) is 46.5 Å². The van der Waals surface area contributed by atoms with Gasteiger partial charge in [0.25, 0.3) is 0 Å². The molecule has 17 heavy (non-hydrogen) atoms. The van der Waals surface area contributed by atoms with Gasteiger partial charge < -0.3 is 9.84 Å². The molecule has 2 aliphatic rings. The average Bonchev–Trinajstić information content (AvgIpc) is 2.94. The maximum absolute atomic E-state index is 11.6. The van der Waals surface area contributed by atoms with Crippen molar-refractivity contribution in [3.05, 3.63) is 20.8 Å². The first-order valence-corrected chi connectivity index (χ1v) is 7.39. The average molecular weight is 317 g/mol. The van der Waals surface area contributed by atoms with Crippen LogP contribution >= 0.6 is 27.3 Å². The van der Waals surface area contributed by atoms with Gasteiger partial charge >= 0.3 is 5.97 Å². The normalized spacial score (nSPS) is 35.4. The van der Waals surface area contributed by atoms with E-state index in [1.807, 2.05) is 11.4 Å². The summed E-state index contributed by atoms with van der Waals surface area (Å²) in [5.41, 5.74) is -0.687. The molecule has 1 aromatic rings. The van der Waals surface area contributed by atoms with Crippen LogP contribution in [0.15, 0.2) is 15.9 Å². The standard InChI is InChI=1S/C12H13BrO3S/c13-7-3-9(17-6-7)5-12(11(14)15)4-8-1-2-10(12)16-8/h3,6,8,10H,1-2,4-5H2,(H,14,15). The maximum Gasteiger partial charge on any atom is 0.312 e. The zero-order chi connectivity index (χ0) is 12.0. The van der Waals surface area contributed by atoms with Gasteiger partial charge in [-0.2, -0.15) is 0 Å². The maximum atomic E-state index is 11.6. The zero-order valence-corrected chi connectivity index (χ0v) is 11.6. The van der Waals surface area contributed by atoms with Crippen molar-refractivity contribution in [1.29, 1.82) is 0 Å². The lowest BCUT2D eigenvalue weighted by molar-refractivity contribution is -0.152.